The fraction of sp³-hybridized carbons (Fsp3) is 0.0426. The van der Waals surface area contributed by atoms with Crippen molar-refractivity contribution in [2.45, 2.75) is 12.1 Å². The van der Waals surface area contributed by atoms with E-state index in [0.29, 0.717) is 0 Å². The molecule has 1 aliphatic rings. The van der Waals surface area contributed by atoms with Gasteiger partial charge in [0.1, 0.15) is 34.2 Å². The van der Waals surface area contributed by atoms with Crippen LogP contribution < -0.4 is 5.32 Å². The summed E-state index contributed by atoms with van der Waals surface area (Å²) in [7, 11) is 0. The molecule has 0 amide bonds. The van der Waals surface area contributed by atoms with E-state index in [2.05, 4.69) is 150 Å². The number of aliphatic imine (C=N–C) groups is 1. The van der Waals surface area contributed by atoms with Gasteiger partial charge in [-0.3, -0.25) is 4.99 Å². The molecule has 0 bridgehead atoms. The molecule has 0 spiro atoms. The lowest BCUT2D eigenvalue weighted by atomic mass is 9.88. The molecule has 11 rings (SSSR count). The molecule has 0 saturated heterocycles. The van der Waals surface area contributed by atoms with Gasteiger partial charge >= 0.3 is 0 Å². The van der Waals surface area contributed by atoms with Gasteiger partial charge in [0.05, 0.1) is 22.5 Å². The summed E-state index contributed by atoms with van der Waals surface area (Å²) in [5.41, 5.74) is 11.0. The van der Waals surface area contributed by atoms with E-state index in [-0.39, 0.29) is 12.1 Å². The van der Waals surface area contributed by atoms with Crippen molar-refractivity contribution in [2.24, 2.45) is 4.99 Å². The highest BCUT2D eigenvalue weighted by atomic mass is 16.3. The largest absolute Gasteiger partial charge is 0.456 e. The lowest BCUT2D eigenvalue weighted by Crippen LogP contribution is -2.36. The van der Waals surface area contributed by atoms with Crippen LogP contribution in [0.2, 0.25) is 0 Å². The molecule has 1 N–H and O–H groups in total. The number of hydrogen-bond donors (Lipinski definition) is 1. The van der Waals surface area contributed by atoms with Crippen molar-refractivity contribution in [1.29, 1.82) is 0 Å². The van der Waals surface area contributed by atoms with E-state index in [1.807, 2.05) is 24.3 Å². The fourth-order valence-electron chi connectivity index (χ4n) is 8.23. The maximum absolute atomic E-state index is 6.67. The number of benzene rings is 7. The maximum Gasteiger partial charge on any atom is 0.145 e. The van der Waals surface area contributed by atoms with Crippen LogP contribution in [-0.4, -0.2) is 10.4 Å². The molecule has 0 radical (unpaired) electrons. The minimum absolute atomic E-state index is 0.0835. The summed E-state index contributed by atoms with van der Waals surface area (Å²) in [4.78, 5) is 5.23. The Bertz CT molecular complexity index is 3070. The predicted molar refractivity (Wildman–Crippen MR) is 213 cm³/mol. The topological polar surface area (TPSA) is 55.6 Å². The number of furan rings is 2. The van der Waals surface area contributed by atoms with E-state index in [1.165, 1.54) is 0 Å². The normalized spacial score (nSPS) is 16.4. The molecule has 4 heterocycles. The summed E-state index contributed by atoms with van der Waals surface area (Å²) in [6, 6.07) is 54.7. The average Bonchev–Trinajstić information content (AvgIpc) is 3.87. The van der Waals surface area contributed by atoms with Crippen LogP contribution in [0.3, 0.4) is 0 Å². The molecule has 5 heteroatoms. The molecule has 52 heavy (non-hydrogen) atoms. The summed E-state index contributed by atoms with van der Waals surface area (Å²) in [5, 5.41) is 10.4. The van der Waals surface area contributed by atoms with Crippen molar-refractivity contribution < 1.29 is 8.83 Å². The second kappa shape index (κ2) is 11.1. The number of amidine groups is 1. The van der Waals surface area contributed by atoms with E-state index in [1.54, 1.807) is 0 Å². The quantitative estimate of drug-likeness (QED) is 0.190. The van der Waals surface area contributed by atoms with Gasteiger partial charge in [0.15, 0.2) is 0 Å². The standard InChI is InChI=1S/C47H31N3O2/c1-28-44(29-12-4-2-5-13-29)48-47(49-45(28)30-14-6-3-7-15-30)31-20-22-34-35-23-21-32(27-42(35)51-41(34)26-31)50-38-18-10-8-17-37(38)43-39(50)25-24-36-33-16-9-11-19-40(33)52-46(36)43/h2-27,44-45H,1H2,(H,48,49). The number of fused-ring (bicyclic) bond motifs is 10. The number of aromatic nitrogens is 1. The Hall–Kier alpha value is -6.85. The van der Waals surface area contributed by atoms with Crippen LogP contribution in [0.25, 0.3) is 71.4 Å². The number of rotatable bonds is 4. The molecule has 5 nitrogen and oxygen atoms in total. The number of hydrogen-bond acceptors (Lipinski definition) is 4. The first kappa shape index (κ1) is 28.9. The first-order chi connectivity index (χ1) is 25.7. The minimum Gasteiger partial charge on any atom is -0.456 e. The van der Waals surface area contributed by atoms with Gasteiger partial charge in [-0.05, 0) is 65.2 Å². The van der Waals surface area contributed by atoms with Crippen molar-refractivity contribution in [3.8, 4) is 5.69 Å². The first-order valence-corrected chi connectivity index (χ1v) is 17.6. The Labute approximate surface area is 298 Å². The third-order valence-electron chi connectivity index (χ3n) is 10.7. The zero-order valence-electron chi connectivity index (χ0n) is 28.1. The second-order valence-electron chi connectivity index (χ2n) is 13.6. The van der Waals surface area contributed by atoms with Crippen molar-refractivity contribution >= 4 is 71.5 Å². The van der Waals surface area contributed by atoms with Crippen LogP contribution in [0.15, 0.2) is 184 Å². The highest BCUT2D eigenvalue weighted by Crippen LogP contribution is 2.42. The van der Waals surface area contributed by atoms with Crippen LogP contribution in [0.5, 0.6) is 0 Å². The van der Waals surface area contributed by atoms with E-state index in [4.69, 9.17) is 13.8 Å². The van der Waals surface area contributed by atoms with Gasteiger partial charge in [-0.25, -0.2) is 0 Å². The molecule has 0 saturated carbocycles. The minimum atomic E-state index is -0.177. The third-order valence-corrected chi connectivity index (χ3v) is 10.7. The summed E-state index contributed by atoms with van der Waals surface area (Å²) >= 11 is 0. The van der Waals surface area contributed by atoms with Gasteiger partial charge in [0.25, 0.3) is 0 Å². The highest BCUT2D eigenvalue weighted by molar-refractivity contribution is 6.24. The van der Waals surface area contributed by atoms with E-state index in [0.717, 1.165) is 99.5 Å². The fourth-order valence-corrected chi connectivity index (χ4v) is 8.23. The maximum atomic E-state index is 6.67. The molecule has 0 aliphatic carbocycles. The number of para-hydroxylation sites is 2. The Morgan fingerprint density at radius 2 is 1.19 bits per heavy atom. The predicted octanol–water partition coefficient (Wildman–Crippen LogP) is 12.0. The Balaban J connectivity index is 1.05. The summed E-state index contributed by atoms with van der Waals surface area (Å²) in [5.74, 6) is 0.820. The average molecular weight is 670 g/mol. The van der Waals surface area contributed by atoms with Gasteiger partial charge in [0.2, 0.25) is 0 Å². The molecule has 246 valence electrons. The van der Waals surface area contributed by atoms with Gasteiger partial charge in [-0.1, -0.05) is 110 Å². The lowest BCUT2D eigenvalue weighted by Gasteiger charge is -2.33. The van der Waals surface area contributed by atoms with Crippen molar-refractivity contribution in [2.75, 3.05) is 0 Å². The van der Waals surface area contributed by atoms with Crippen LogP contribution in [0.4, 0.5) is 0 Å². The van der Waals surface area contributed by atoms with Crippen LogP contribution in [-0.2, 0) is 0 Å². The molecule has 0 fully saturated rings. The van der Waals surface area contributed by atoms with Gasteiger partial charge in [-0.2, -0.15) is 0 Å². The molecule has 2 unspecified atom stereocenters. The van der Waals surface area contributed by atoms with Crippen LogP contribution in [0.1, 0.15) is 28.8 Å². The van der Waals surface area contributed by atoms with Gasteiger partial charge in [-0.15, -0.1) is 0 Å². The first-order valence-electron chi connectivity index (χ1n) is 17.6. The summed E-state index contributed by atoms with van der Waals surface area (Å²) in [6.07, 6.45) is 0. The third kappa shape index (κ3) is 4.26. The van der Waals surface area contributed by atoms with Crippen molar-refractivity contribution in [1.82, 2.24) is 9.88 Å². The molecule has 1 aliphatic heterocycles. The molecule has 2 atom stereocenters. The number of nitrogens with zero attached hydrogens (tertiary/aromatic N) is 2. The highest BCUT2D eigenvalue weighted by Gasteiger charge is 2.30. The van der Waals surface area contributed by atoms with Crippen molar-refractivity contribution in [3.05, 3.63) is 187 Å². The smallest absolute Gasteiger partial charge is 0.145 e. The number of nitrogens with one attached hydrogen (secondary N) is 1. The monoisotopic (exact) mass is 669 g/mol. The van der Waals surface area contributed by atoms with E-state index < -0.39 is 0 Å². The van der Waals surface area contributed by atoms with Gasteiger partial charge in [0, 0.05) is 44.2 Å². The summed E-state index contributed by atoms with van der Waals surface area (Å²) in [6.45, 7) is 4.53. The second-order valence-corrected chi connectivity index (χ2v) is 13.6. The SMILES string of the molecule is C=C1C(c2ccccc2)N=C(c2ccc3c(c2)oc2cc(-n4c5ccccc5c5c6oc7ccccc7c6ccc54)ccc23)NC1c1ccccc1. The Morgan fingerprint density at radius 1 is 0.538 bits per heavy atom. The molecule has 3 aromatic heterocycles. The van der Waals surface area contributed by atoms with E-state index >= 15 is 0 Å². The summed E-state index contributed by atoms with van der Waals surface area (Å²) < 4.78 is 15.5. The Kier molecular flexibility index (Phi) is 6.16. The zero-order chi connectivity index (χ0) is 34.3. The Morgan fingerprint density at radius 3 is 2.02 bits per heavy atom. The van der Waals surface area contributed by atoms with Crippen LogP contribution in [0, 0.1) is 0 Å². The van der Waals surface area contributed by atoms with E-state index in [9.17, 15) is 0 Å². The lowest BCUT2D eigenvalue weighted by molar-refractivity contribution is 0.628. The molecule has 7 aromatic carbocycles. The molecule has 10 aromatic rings. The van der Waals surface area contributed by atoms with Crippen molar-refractivity contribution in [3.63, 3.8) is 0 Å². The van der Waals surface area contributed by atoms with Gasteiger partial charge < -0.3 is 18.7 Å². The molecular weight excluding hydrogens is 639 g/mol. The zero-order valence-corrected chi connectivity index (χ0v) is 28.1. The van der Waals surface area contributed by atoms with Crippen LogP contribution >= 0.6 is 0 Å². The molecular formula is C47H31N3O2.